The van der Waals surface area contributed by atoms with Crippen molar-refractivity contribution in [2.24, 2.45) is 0 Å². The summed E-state index contributed by atoms with van der Waals surface area (Å²) in [6.45, 7) is 5.33. The fourth-order valence-electron chi connectivity index (χ4n) is 2.95. The van der Waals surface area contributed by atoms with Gasteiger partial charge in [0.25, 0.3) is 11.7 Å². The number of aryl methyl sites for hydroxylation is 2. The van der Waals surface area contributed by atoms with Crippen LogP contribution in [0.1, 0.15) is 30.3 Å². The zero-order valence-corrected chi connectivity index (χ0v) is 18.7. The van der Waals surface area contributed by atoms with Crippen molar-refractivity contribution < 1.29 is 14.3 Å². The third-order valence-corrected chi connectivity index (χ3v) is 5.37. The summed E-state index contributed by atoms with van der Waals surface area (Å²) in [5, 5.41) is 8.31. The molecular formula is C20H22ClN5O3S. The standard InChI is InChI=1S/C20H22ClN5O3S/c1-11-16(12(2)26-19(22-11)24-20(25-26)30-4)9-10-17(27)29-13(3)18(28)23-15-7-5-14(21)6-8-15/h5-8,13H,9-10H2,1-4H3,(H,23,28)/t13-/m1/s1. The number of nitrogens with one attached hydrogen (secondary N) is 1. The van der Waals surface area contributed by atoms with E-state index >= 15 is 0 Å². The Kier molecular flexibility index (Phi) is 6.94. The fraction of sp³-hybridized carbons (Fsp3) is 0.350. The summed E-state index contributed by atoms with van der Waals surface area (Å²) in [4.78, 5) is 33.4. The van der Waals surface area contributed by atoms with Crippen molar-refractivity contribution in [1.29, 1.82) is 0 Å². The van der Waals surface area contributed by atoms with Gasteiger partial charge >= 0.3 is 5.97 Å². The highest BCUT2D eigenvalue weighted by Crippen LogP contribution is 2.18. The van der Waals surface area contributed by atoms with Crippen LogP contribution in [0.15, 0.2) is 29.4 Å². The lowest BCUT2D eigenvalue weighted by atomic mass is 10.1. The van der Waals surface area contributed by atoms with Gasteiger partial charge in [0.05, 0.1) is 0 Å². The molecule has 0 aliphatic heterocycles. The number of amides is 1. The van der Waals surface area contributed by atoms with Gasteiger partial charge in [-0.3, -0.25) is 9.59 Å². The highest BCUT2D eigenvalue weighted by atomic mass is 35.5. The van der Waals surface area contributed by atoms with Crippen molar-refractivity contribution in [3.8, 4) is 0 Å². The second-order valence-electron chi connectivity index (χ2n) is 6.70. The van der Waals surface area contributed by atoms with Gasteiger partial charge in [-0.1, -0.05) is 23.4 Å². The van der Waals surface area contributed by atoms with E-state index in [1.54, 1.807) is 28.8 Å². The quantitative estimate of drug-likeness (QED) is 0.436. The van der Waals surface area contributed by atoms with Gasteiger partial charge in [-0.2, -0.15) is 4.98 Å². The molecule has 0 bridgehead atoms. The molecule has 0 saturated heterocycles. The molecule has 1 aromatic carbocycles. The van der Waals surface area contributed by atoms with Crippen molar-refractivity contribution in [2.45, 2.75) is 44.9 Å². The number of fused-ring (bicyclic) bond motifs is 1. The number of aromatic nitrogens is 4. The molecule has 30 heavy (non-hydrogen) atoms. The molecule has 8 nitrogen and oxygen atoms in total. The second kappa shape index (κ2) is 9.44. The van der Waals surface area contributed by atoms with E-state index in [0.717, 1.165) is 17.0 Å². The van der Waals surface area contributed by atoms with E-state index in [0.29, 0.717) is 28.1 Å². The number of ether oxygens (including phenoxy) is 1. The Bertz CT molecular complexity index is 1080. The van der Waals surface area contributed by atoms with Crippen LogP contribution in [0.5, 0.6) is 0 Å². The van der Waals surface area contributed by atoms with Crippen LogP contribution in [0.25, 0.3) is 5.78 Å². The molecule has 0 fully saturated rings. The highest BCUT2D eigenvalue weighted by molar-refractivity contribution is 7.98. The smallest absolute Gasteiger partial charge is 0.306 e. The number of esters is 1. The number of benzene rings is 1. The number of hydrogen-bond acceptors (Lipinski definition) is 7. The third kappa shape index (κ3) is 5.09. The zero-order valence-electron chi connectivity index (χ0n) is 17.1. The summed E-state index contributed by atoms with van der Waals surface area (Å²) in [5.74, 6) is -0.336. The van der Waals surface area contributed by atoms with Gasteiger partial charge in [-0.05, 0) is 63.3 Å². The van der Waals surface area contributed by atoms with Crippen LogP contribution in [0.4, 0.5) is 5.69 Å². The molecule has 0 aliphatic carbocycles. The van der Waals surface area contributed by atoms with Crippen molar-refractivity contribution in [3.63, 3.8) is 0 Å². The van der Waals surface area contributed by atoms with Gasteiger partial charge in [-0.15, -0.1) is 5.10 Å². The van der Waals surface area contributed by atoms with Gasteiger partial charge in [0, 0.05) is 28.5 Å². The third-order valence-electron chi connectivity index (χ3n) is 4.58. The first-order valence-electron chi connectivity index (χ1n) is 9.31. The summed E-state index contributed by atoms with van der Waals surface area (Å²) in [5.41, 5.74) is 3.17. The first-order chi connectivity index (χ1) is 14.3. The monoisotopic (exact) mass is 447 g/mol. The Morgan fingerprint density at radius 2 is 1.93 bits per heavy atom. The van der Waals surface area contributed by atoms with Gasteiger partial charge < -0.3 is 10.1 Å². The molecule has 0 unspecified atom stereocenters. The number of anilines is 1. The summed E-state index contributed by atoms with van der Waals surface area (Å²) in [6.07, 6.45) is 1.53. The molecule has 0 saturated carbocycles. The van der Waals surface area contributed by atoms with Gasteiger partial charge in [0.15, 0.2) is 6.10 Å². The van der Waals surface area contributed by atoms with Gasteiger partial charge in [-0.25, -0.2) is 9.50 Å². The van der Waals surface area contributed by atoms with E-state index < -0.39 is 18.0 Å². The number of carbonyl (C=O) groups excluding carboxylic acids is 2. The molecule has 3 aromatic rings. The van der Waals surface area contributed by atoms with Crippen LogP contribution in [0, 0.1) is 13.8 Å². The maximum atomic E-state index is 12.3. The van der Waals surface area contributed by atoms with E-state index in [4.69, 9.17) is 16.3 Å². The average molecular weight is 448 g/mol. The van der Waals surface area contributed by atoms with E-state index in [1.807, 2.05) is 20.1 Å². The molecule has 1 amide bonds. The number of nitrogens with zero attached hydrogens (tertiary/aromatic N) is 4. The van der Waals surface area contributed by atoms with Crippen LogP contribution in [-0.2, 0) is 20.7 Å². The SMILES string of the molecule is CSc1nc2nc(C)c(CCC(=O)O[C@H](C)C(=O)Nc3ccc(Cl)cc3)c(C)n2n1. The second-order valence-corrected chi connectivity index (χ2v) is 7.91. The molecule has 1 atom stereocenters. The van der Waals surface area contributed by atoms with E-state index in [-0.39, 0.29) is 6.42 Å². The molecule has 2 aromatic heterocycles. The summed E-state index contributed by atoms with van der Waals surface area (Å²) in [7, 11) is 0. The summed E-state index contributed by atoms with van der Waals surface area (Å²) in [6, 6.07) is 6.69. The van der Waals surface area contributed by atoms with Crippen molar-refractivity contribution in [3.05, 3.63) is 46.2 Å². The normalized spacial score (nSPS) is 12.0. The molecule has 2 heterocycles. The minimum atomic E-state index is -0.921. The number of carbonyl (C=O) groups is 2. The van der Waals surface area contributed by atoms with Crippen LogP contribution in [0.3, 0.4) is 0 Å². The Morgan fingerprint density at radius 3 is 2.60 bits per heavy atom. The maximum absolute atomic E-state index is 12.3. The molecule has 0 spiro atoms. The van der Waals surface area contributed by atoms with Crippen LogP contribution < -0.4 is 5.32 Å². The van der Waals surface area contributed by atoms with Crippen molar-refractivity contribution in [2.75, 3.05) is 11.6 Å². The van der Waals surface area contributed by atoms with Crippen molar-refractivity contribution >= 4 is 46.7 Å². The lowest BCUT2D eigenvalue weighted by Gasteiger charge is -2.14. The Morgan fingerprint density at radius 1 is 1.23 bits per heavy atom. The number of halogens is 1. The highest BCUT2D eigenvalue weighted by Gasteiger charge is 2.19. The lowest BCUT2D eigenvalue weighted by Crippen LogP contribution is -2.30. The van der Waals surface area contributed by atoms with Crippen LogP contribution in [0.2, 0.25) is 5.02 Å². The molecule has 158 valence electrons. The zero-order chi connectivity index (χ0) is 21.8. The topological polar surface area (TPSA) is 98.5 Å². The van der Waals surface area contributed by atoms with E-state index in [2.05, 4.69) is 20.4 Å². The Labute approximate surface area is 183 Å². The molecule has 10 heteroatoms. The van der Waals surface area contributed by atoms with Crippen molar-refractivity contribution in [1.82, 2.24) is 19.6 Å². The number of thioether (sulfide) groups is 1. The first kappa shape index (κ1) is 22.0. The number of rotatable bonds is 7. The predicted octanol–water partition coefficient (Wildman–Crippen LogP) is 3.62. The first-order valence-corrected chi connectivity index (χ1v) is 10.9. The predicted molar refractivity (Wildman–Crippen MR) is 116 cm³/mol. The molecule has 1 N–H and O–H groups in total. The molecular weight excluding hydrogens is 426 g/mol. The van der Waals surface area contributed by atoms with E-state index in [9.17, 15) is 9.59 Å². The fourth-order valence-corrected chi connectivity index (χ4v) is 3.41. The molecule has 3 rings (SSSR count). The largest absolute Gasteiger partial charge is 0.453 e. The number of hydrogen-bond donors (Lipinski definition) is 1. The Balaban J connectivity index is 1.59. The molecule has 0 aliphatic rings. The van der Waals surface area contributed by atoms with Gasteiger partial charge in [0.1, 0.15) is 0 Å². The minimum Gasteiger partial charge on any atom is -0.453 e. The van der Waals surface area contributed by atoms with Crippen LogP contribution in [-0.4, -0.2) is 43.8 Å². The summed E-state index contributed by atoms with van der Waals surface area (Å²) >= 11 is 7.27. The minimum absolute atomic E-state index is 0.123. The maximum Gasteiger partial charge on any atom is 0.306 e. The van der Waals surface area contributed by atoms with Crippen LogP contribution >= 0.6 is 23.4 Å². The van der Waals surface area contributed by atoms with Gasteiger partial charge in [0.2, 0.25) is 5.16 Å². The lowest BCUT2D eigenvalue weighted by molar-refractivity contribution is -0.153. The molecule has 0 radical (unpaired) electrons. The average Bonchev–Trinajstić information content (AvgIpc) is 3.12. The van der Waals surface area contributed by atoms with E-state index in [1.165, 1.54) is 18.7 Å². The summed E-state index contributed by atoms with van der Waals surface area (Å²) < 4.78 is 6.97. The Hall–Kier alpha value is -2.65.